The molecule has 1 atom stereocenters. The van der Waals surface area contributed by atoms with Crippen LogP contribution in [0, 0.1) is 5.82 Å². The number of rotatable bonds is 5. The number of piperidine rings is 1. The standard InChI is InChI=1S/C21H25FN2O2/c1-23-14-5-8-20(16-23)26-21(25)24(19-6-3-2-4-7-19)15-13-17-9-11-18(22)12-10-17/h2-4,6-7,9-12,20H,5,8,13-16H2,1H3. The largest absolute Gasteiger partial charge is 0.444 e. The summed E-state index contributed by atoms with van der Waals surface area (Å²) in [6.07, 6.45) is 2.18. The number of likely N-dealkylation sites (N-methyl/N-ethyl adjacent to an activating group) is 1. The number of carbonyl (C=O) groups is 1. The van der Waals surface area contributed by atoms with Crippen LogP contribution in [0.1, 0.15) is 18.4 Å². The lowest BCUT2D eigenvalue weighted by molar-refractivity contribution is 0.0551. The highest BCUT2D eigenvalue weighted by atomic mass is 19.1. The zero-order valence-electron chi connectivity index (χ0n) is 15.1. The summed E-state index contributed by atoms with van der Waals surface area (Å²) in [5.74, 6) is -0.255. The molecule has 0 bridgehead atoms. The third kappa shape index (κ3) is 5.05. The maximum absolute atomic E-state index is 13.1. The molecule has 0 N–H and O–H groups in total. The SMILES string of the molecule is CN1CCCC(OC(=O)N(CCc2ccc(F)cc2)c2ccccc2)C1. The fourth-order valence-corrected chi connectivity index (χ4v) is 3.25. The normalized spacial score (nSPS) is 17.7. The van der Waals surface area contributed by atoms with E-state index in [9.17, 15) is 9.18 Å². The van der Waals surface area contributed by atoms with Gasteiger partial charge >= 0.3 is 6.09 Å². The summed E-state index contributed by atoms with van der Waals surface area (Å²) >= 11 is 0. The van der Waals surface area contributed by atoms with Gasteiger partial charge in [-0.3, -0.25) is 4.90 Å². The van der Waals surface area contributed by atoms with Gasteiger partial charge in [-0.05, 0) is 62.7 Å². The zero-order valence-corrected chi connectivity index (χ0v) is 15.1. The Morgan fingerprint density at radius 2 is 1.92 bits per heavy atom. The Bertz CT molecular complexity index is 706. The average Bonchev–Trinajstić information content (AvgIpc) is 2.64. The van der Waals surface area contributed by atoms with Gasteiger partial charge in [0.05, 0.1) is 0 Å². The zero-order chi connectivity index (χ0) is 18.4. The van der Waals surface area contributed by atoms with E-state index in [4.69, 9.17) is 4.74 Å². The molecule has 26 heavy (non-hydrogen) atoms. The van der Waals surface area contributed by atoms with Crippen molar-refractivity contribution in [3.63, 3.8) is 0 Å². The molecule has 0 saturated carbocycles. The molecule has 1 aliphatic rings. The van der Waals surface area contributed by atoms with E-state index in [0.717, 1.165) is 37.2 Å². The molecule has 0 aromatic heterocycles. The van der Waals surface area contributed by atoms with Crippen LogP contribution >= 0.6 is 0 Å². The van der Waals surface area contributed by atoms with Crippen LogP contribution in [0.15, 0.2) is 54.6 Å². The monoisotopic (exact) mass is 356 g/mol. The van der Waals surface area contributed by atoms with E-state index >= 15 is 0 Å². The number of nitrogens with zero attached hydrogens (tertiary/aromatic N) is 2. The van der Waals surface area contributed by atoms with Crippen LogP contribution in [-0.2, 0) is 11.2 Å². The predicted octanol–water partition coefficient (Wildman–Crippen LogP) is 4.11. The minimum atomic E-state index is -0.321. The van der Waals surface area contributed by atoms with Crippen LogP contribution in [0.25, 0.3) is 0 Å². The maximum atomic E-state index is 13.1. The van der Waals surface area contributed by atoms with Crippen molar-refractivity contribution in [3.05, 3.63) is 66.0 Å². The topological polar surface area (TPSA) is 32.8 Å². The molecular formula is C21H25FN2O2. The Morgan fingerprint density at radius 3 is 2.62 bits per heavy atom. The Hall–Kier alpha value is -2.40. The third-order valence-corrected chi connectivity index (χ3v) is 4.67. The van der Waals surface area contributed by atoms with Gasteiger partial charge in [-0.2, -0.15) is 0 Å². The fraction of sp³-hybridized carbons (Fsp3) is 0.381. The number of ether oxygens (including phenoxy) is 1. The van der Waals surface area contributed by atoms with E-state index in [2.05, 4.69) is 4.90 Å². The first kappa shape index (κ1) is 18.4. The highest BCUT2D eigenvalue weighted by Gasteiger charge is 2.24. The smallest absolute Gasteiger partial charge is 0.414 e. The van der Waals surface area contributed by atoms with Gasteiger partial charge in [0.2, 0.25) is 0 Å². The number of amides is 1. The molecule has 138 valence electrons. The molecule has 1 aliphatic heterocycles. The van der Waals surface area contributed by atoms with Crippen molar-refractivity contribution in [2.75, 3.05) is 31.6 Å². The molecule has 0 spiro atoms. The summed E-state index contributed by atoms with van der Waals surface area (Å²) in [6, 6.07) is 15.9. The summed E-state index contributed by atoms with van der Waals surface area (Å²) in [7, 11) is 2.05. The fourth-order valence-electron chi connectivity index (χ4n) is 3.25. The lowest BCUT2D eigenvalue weighted by atomic mass is 10.1. The van der Waals surface area contributed by atoms with Gasteiger partial charge in [0.15, 0.2) is 0 Å². The molecule has 1 fully saturated rings. The molecule has 1 unspecified atom stereocenters. The second kappa shape index (κ2) is 8.81. The first-order chi connectivity index (χ1) is 12.6. The van der Waals surface area contributed by atoms with Gasteiger partial charge in [0.25, 0.3) is 0 Å². The Balaban J connectivity index is 1.68. The van der Waals surface area contributed by atoms with Crippen molar-refractivity contribution in [1.82, 2.24) is 4.90 Å². The van der Waals surface area contributed by atoms with E-state index in [1.54, 1.807) is 17.0 Å². The Morgan fingerprint density at radius 1 is 1.19 bits per heavy atom. The summed E-state index contributed by atoms with van der Waals surface area (Å²) in [5, 5.41) is 0. The lowest BCUT2D eigenvalue weighted by Gasteiger charge is -2.31. The Labute approximate surface area is 154 Å². The predicted molar refractivity (Wildman–Crippen MR) is 101 cm³/mol. The number of hydrogen-bond acceptors (Lipinski definition) is 3. The van der Waals surface area contributed by atoms with Gasteiger partial charge in [-0.15, -0.1) is 0 Å². The molecule has 2 aromatic carbocycles. The lowest BCUT2D eigenvalue weighted by Crippen LogP contribution is -2.42. The molecular weight excluding hydrogens is 331 g/mol. The van der Waals surface area contributed by atoms with Crippen LogP contribution in [-0.4, -0.2) is 43.8 Å². The van der Waals surface area contributed by atoms with Crippen molar-refractivity contribution in [2.24, 2.45) is 0 Å². The Kier molecular flexibility index (Phi) is 6.23. The molecule has 1 saturated heterocycles. The molecule has 1 heterocycles. The third-order valence-electron chi connectivity index (χ3n) is 4.67. The maximum Gasteiger partial charge on any atom is 0.414 e. The molecule has 1 amide bonds. The van der Waals surface area contributed by atoms with Crippen LogP contribution in [0.2, 0.25) is 0 Å². The van der Waals surface area contributed by atoms with E-state index in [1.165, 1.54) is 12.1 Å². The number of likely N-dealkylation sites (tertiary alicyclic amines) is 1. The minimum absolute atomic E-state index is 0.0710. The highest BCUT2D eigenvalue weighted by Crippen LogP contribution is 2.19. The van der Waals surface area contributed by atoms with E-state index in [0.29, 0.717) is 13.0 Å². The minimum Gasteiger partial charge on any atom is -0.444 e. The van der Waals surface area contributed by atoms with Crippen LogP contribution < -0.4 is 4.90 Å². The van der Waals surface area contributed by atoms with Crippen molar-refractivity contribution < 1.29 is 13.9 Å². The second-order valence-corrected chi connectivity index (χ2v) is 6.77. The first-order valence-electron chi connectivity index (χ1n) is 9.08. The summed E-state index contributed by atoms with van der Waals surface area (Å²) in [6.45, 7) is 2.30. The molecule has 3 rings (SSSR count). The van der Waals surface area contributed by atoms with Crippen molar-refractivity contribution in [1.29, 1.82) is 0 Å². The van der Waals surface area contributed by atoms with Gasteiger partial charge < -0.3 is 9.64 Å². The van der Waals surface area contributed by atoms with Crippen molar-refractivity contribution >= 4 is 11.8 Å². The number of halogens is 1. The molecule has 4 nitrogen and oxygen atoms in total. The van der Waals surface area contributed by atoms with Gasteiger partial charge in [-0.1, -0.05) is 30.3 Å². The molecule has 2 aromatic rings. The average molecular weight is 356 g/mol. The quantitative estimate of drug-likeness (QED) is 0.808. The van der Waals surface area contributed by atoms with Crippen molar-refractivity contribution in [3.8, 4) is 0 Å². The van der Waals surface area contributed by atoms with E-state index < -0.39 is 0 Å². The number of carbonyl (C=O) groups excluding carboxylic acids is 1. The van der Waals surface area contributed by atoms with E-state index in [-0.39, 0.29) is 18.0 Å². The molecule has 5 heteroatoms. The van der Waals surface area contributed by atoms with Crippen molar-refractivity contribution in [2.45, 2.75) is 25.4 Å². The van der Waals surface area contributed by atoms with Gasteiger partial charge in [-0.25, -0.2) is 9.18 Å². The highest BCUT2D eigenvalue weighted by molar-refractivity contribution is 5.87. The second-order valence-electron chi connectivity index (χ2n) is 6.77. The molecule has 0 radical (unpaired) electrons. The molecule has 0 aliphatic carbocycles. The summed E-state index contributed by atoms with van der Waals surface area (Å²) < 4.78 is 18.9. The van der Waals surface area contributed by atoms with E-state index in [1.807, 2.05) is 37.4 Å². The number of para-hydroxylation sites is 1. The summed E-state index contributed by atoms with van der Waals surface area (Å²) in [4.78, 5) is 16.7. The first-order valence-corrected chi connectivity index (χ1v) is 9.08. The number of anilines is 1. The summed E-state index contributed by atoms with van der Waals surface area (Å²) in [5.41, 5.74) is 1.79. The number of hydrogen-bond donors (Lipinski definition) is 0. The van der Waals surface area contributed by atoms with Crippen LogP contribution in [0.3, 0.4) is 0 Å². The number of benzene rings is 2. The van der Waals surface area contributed by atoms with Crippen LogP contribution in [0.5, 0.6) is 0 Å². The van der Waals surface area contributed by atoms with Gasteiger partial charge in [0.1, 0.15) is 11.9 Å². The van der Waals surface area contributed by atoms with Gasteiger partial charge in [0, 0.05) is 18.8 Å². The van der Waals surface area contributed by atoms with Crippen LogP contribution in [0.4, 0.5) is 14.9 Å².